The lowest BCUT2D eigenvalue weighted by atomic mass is 10.2. The number of nitrogens with one attached hydrogen (secondary N) is 1. The molecule has 0 aliphatic rings. The number of hydrogen-bond donors (Lipinski definition) is 1. The first-order valence-electron chi connectivity index (χ1n) is 13.3. The van der Waals surface area contributed by atoms with Crippen molar-refractivity contribution in [3.63, 3.8) is 0 Å². The van der Waals surface area contributed by atoms with Crippen LogP contribution in [0.2, 0.25) is 15.1 Å². The highest BCUT2D eigenvalue weighted by molar-refractivity contribution is 6.99. The first kappa shape index (κ1) is 29.2. The summed E-state index contributed by atoms with van der Waals surface area (Å²) in [5, 5.41) is 6.33. The Bertz CT molecular complexity index is 1360. The third-order valence-corrected chi connectivity index (χ3v) is 12.9. The molecule has 0 saturated carbocycles. The second kappa shape index (κ2) is 12.6. The van der Waals surface area contributed by atoms with E-state index in [9.17, 15) is 4.79 Å². The Hall–Kier alpha value is -2.83. The van der Waals surface area contributed by atoms with Crippen molar-refractivity contribution >= 4 is 47.8 Å². The number of aromatic nitrogens is 1. The Labute approximate surface area is 243 Å². The molecule has 1 aromatic heterocycles. The lowest BCUT2D eigenvalue weighted by Gasteiger charge is -2.43. The van der Waals surface area contributed by atoms with Crippen molar-refractivity contribution in [3.05, 3.63) is 112 Å². The van der Waals surface area contributed by atoms with Crippen molar-refractivity contribution < 1.29 is 9.22 Å². The fourth-order valence-corrected chi connectivity index (χ4v) is 10.2. The van der Waals surface area contributed by atoms with Crippen molar-refractivity contribution in [1.82, 2.24) is 9.88 Å². The molecule has 39 heavy (non-hydrogen) atoms. The zero-order chi connectivity index (χ0) is 28.0. The summed E-state index contributed by atoms with van der Waals surface area (Å²) >= 11 is 13.8. The van der Waals surface area contributed by atoms with Crippen LogP contribution in [-0.4, -0.2) is 25.3 Å². The van der Waals surface area contributed by atoms with Crippen molar-refractivity contribution in [1.29, 1.82) is 0 Å². The minimum atomic E-state index is -2.77. The molecule has 0 fully saturated rings. The zero-order valence-corrected chi connectivity index (χ0v) is 25.5. The summed E-state index contributed by atoms with van der Waals surface area (Å²) < 4.78 is 9.19. The number of carbonyl (C=O) groups is 1. The summed E-state index contributed by atoms with van der Waals surface area (Å²) in [5.74, 6) is 0.0420. The van der Waals surface area contributed by atoms with Gasteiger partial charge in [0.2, 0.25) is 5.91 Å². The topological polar surface area (TPSA) is 43.3 Å². The van der Waals surface area contributed by atoms with Gasteiger partial charge in [-0.15, -0.1) is 0 Å². The van der Waals surface area contributed by atoms with Gasteiger partial charge < -0.3 is 14.3 Å². The first-order chi connectivity index (χ1) is 18.7. The molecule has 0 unspecified atom stereocenters. The molecule has 7 heteroatoms. The van der Waals surface area contributed by atoms with Gasteiger partial charge in [0, 0.05) is 41.9 Å². The molecule has 204 valence electrons. The van der Waals surface area contributed by atoms with Gasteiger partial charge in [0.15, 0.2) is 0 Å². The predicted octanol–water partition coefficient (Wildman–Crippen LogP) is 6.93. The van der Waals surface area contributed by atoms with Gasteiger partial charge in [0.25, 0.3) is 8.32 Å². The van der Waals surface area contributed by atoms with E-state index in [0.29, 0.717) is 29.4 Å². The van der Waals surface area contributed by atoms with Gasteiger partial charge >= 0.3 is 0 Å². The standard InChI is InChI=1S/C32H36Cl2N2O2Si/c1-5-30(37)35-21-20-24-13-12-22-36(24)29-19-18-28(33)27(31(29)34)23-38-39(32(2,3)4,25-14-8-6-9-15-25)26-16-10-7-11-17-26/h6-19,22H,5,20-21,23H2,1-4H3,(H,35,37). The fourth-order valence-electron chi connectivity index (χ4n) is 5.16. The summed E-state index contributed by atoms with van der Waals surface area (Å²) in [5.41, 5.74) is 2.65. The van der Waals surface area contributed by atoms with Crippen molar-refractivity contribution in [2.24, 2.45) is 0 Å². The molecule has 0 saturated heterocycles. The minimum Gasteiger partial charge on any atom is -0.403 e. The van der Waals surface area contributed by atoms with E-state index in [1.807, 2.05) is 49.5 Å². The summed E-state index contributed by atoms with van der Waals surface area (Å²) in [4.78, 5) is 11.7. The van der Waals surface area contributed by atoms with E-state index in [2.05, 4.69) is 79.2 Å². The molecular formula is C32H36Cl2N2O2Si. The highest BCUT2D eigenvalue weighted by Gasteiger charge is 2.50. The number of amides is 1. The van der Waals surface area contributed by atoms with E-state index in [0.717, 1.165) is 16.9 Å². The molecular weight excluding hydrogens is 543 g/mol. The molecule has 3 aromatic carbocycles. The monoisotopic (exact) mass is 578 g/mol. The van der Waals surface area contributed by atoms with E-state index >= 15 is 0 Å². The number of nitrogens with zero attached hydrogens (tertiary/aromatic N) is 1. The third-order valence-electron chi connectivity index (χ3n) is 7.13. The van der Waals surface area contributed by atoms with Crippen LogP contribution in [0.25, 0.3) is 5.69 Å². The Morgan fingerprint density at radius 2 is 1.51 bits per heavy atom. The minimum absolute atomic E-state index is 0.0420. The van der Waals surface area contributed by atoms with Gasteiger partial charge in [-0.05, 0) is 39.7 Å². The van der Waals surface area contributed by atoms with Crippen molar-refractivity contribution in [2.75, 3.05) is 6.54 Å². The van der Waals surface area contributed by atoms with Crippen LogP contribution >= 0.6 is 23.2 Å². The number of benzene rings is 3. The molecule has 0 atom stereocenters. The molecule has 0 aliphatic heterocycles. The van der Waals surface area contributed by atoms with E-state index in [1.54, 1.807) is 0 Å². The molecule has 0 bridgehead atoms. The third kappa shape index (κ3) is 6.17. The van der Waals surface area contributed by atoms with Crippen LogP contribution in [0, 0.1) is 0 Å². The van der Waals surface area contributed by atoms with Gasteiger partial charge in [0.1, 0.15) is 0 Å². The summed E-state index contributed by atoms with van der Waals surface area (Å²) in [6, 6.07) is 28.9. The SMILES string of the molecule is CCC(=O)NCCc1cccn1-c1ccc(Cl)c(CO[Si](c2ccccc2)(c2ccccc2)C(C)(C)C)c1Cl. The Morgan fingerprint density at radius 3 is 2.08 bits per heavy atom. The predicted molar refractivity (Wildman–Crippen MR) is 165 cm³/mol. The van der Waals surface area contributed by atoms with Crippen LogP contribution in [0.5, 0.6) is 0 Å². The highest BCUT2D eigenvalue weighted by Crippen LogP contribution is 2.39. The van der Waals surface area contributed by atoms with Crippen LogP contribution in [0.4, 0.5) is 0 Å². The number of hydrogen-bond acceptors (Lipinski definition) is 2. The Kier molecular flexibility index (Phi) is 9.39. The molecule has 1 amide bonds. The van der Waals surface area contributed by atoms with Crippen LogP contribution in [0.15, 0.2) is 91.1 Å². The van der Waals surface area contributed by atoms with E-state index < -0.39 is 8.32 Å². The van der Waals surface area contributed by atoms with Gasteiger partial charge in [-0.3, -0.25) is 4.79 Å². The van der Waals surface area contributed by atoms with Gasteiger partial charge in [-0.25, -0.2) is 0 Å². The Morgan fingerprint density at radius 1 is 0.897 bits per heavy atom. The largest absolute Gasteiger partial charge is 0.403 e. The average molecular weight is 580 g/mol. The van der Waals surface area contributed by atoms with Crippen LogP contribution in [0.3, 0.4) is 0 Å². The van der Waals surface area contributed by atoms with Gasteiger partial charge in [-0.2, -0.15) is 0 Å². The second-order valence-electron chi connectivity index (χ2n) is 10.6. The van der Waals surface area contributed by atoms with E-state index in [-0.39, 0.29) is 17.6 Å². The van der Waals surface area contributed by atoms with E-state index in [4.69, 9.17) is 27.6 Å². The van der Waals surface area contributed by atoms with Crippen molar-refractivity contribution in [3.8, 4) is 5.69 Å². The maximum atomic E-state index is 11.7. The van der Waals surface area contributed by atoms with Crippen LogP contribution < -0.4 is 15.7 Å². The fraction of sp³-hybridized carbons (Fsp3) is 0.281. The molecule has 0 aliphatic carbocycles. The Balaban J connectivity index is 1.72. The lowest BCUT2D eigenvalue weighted by molar-refractivity contribution is -0.120. The summed E-state index contributed by atoms with van der Waals surface area (Å²) in [6.45, 7) is 9.45. The van der Waals surface area contributed by atoms with Crippen molar-refractivity contribution in [2.45, 2.75) is 52.2 Å². The van der Waals surface area contributed by atoms with E-state index in [1.165, 1.54) is 10.4 Å². The second-order valence-corrected chi connectivity index (χ2v) is 15.7. The maximum Gasteiger partial charge on any atom is 0.261 e. The molecule has 4 rings (SSSR count). The summed E-state index contributed by atoms with van der Waals surface area (Å²) in [6.07, 6.45) is 3.14. The normalized spacial score (nSPS) is 11.9. The highest BCUT2D eigenvalue weighted by atomic mass is 35.5. The summed E-state index contributed by atoms with van der Waals surface area (Å²) in [7, 11) is -2.77. The van der Waals surface area contributed by atoms with Crippen LogP contribution in [-0.2, 0) is 22.2 Å². The molecule has 1 heterocycles. The smallest absolute Gasteiger partial charge is 0.261 e. The molecule has 0 radical (unpaired) electrons. The number of halogens is 2. The maximum absolute atomic E-state index is 11.7. The number of carbonyl (C=O) groups excluding carboxylic acids is 1. The number of rotatable bonds is 10. The molecule has 4 nitrogen and oxygen atoms in total. The van der Waals surface area contributed by atoms with Gasteiger partial charge in [0.05, 0.1) is 17.3 Å². The average Bonchev–Trinajstić information content (AvgIpc) is 3.39. The molecule has 0 spiro atoms. The quantitative estimate of drug-likeness (QED) is 0.207. The van der Waals surface area contributed by atoms with Crippen LogP contribution in [0.1, 0.15) is 45.4 Å². The lowest BCUT2D eigenvalue weighted by Crippen LogP contribution is -2.66. The van der Waals surface area contributed by atoms with Gasteiger partial charge in [-0.1, -0.05) is 112 Å². The zero-order valence-electron chi connectivity index (χ0n) is 23.0. The molecule has 1 N–H and O–H groups in total. The first-order valence-corrected chi connectivity index (χ1v) is 16.0. The molecule has 4 aromatic rings.